The van der Waals surface area contributed by atoms with Gasteiger partial charge in [0, 0.05) is 11.4 Å². The van der Waals surface area contributed by atoms with Gasteiger partial charge in [0.25, 0.3) is 0 Å². The number of halogens is 2. The molecule has 0 bridgehead atoms. The van der Waals surface area contributed by atoms with Crippen LogP contribution in [0.1, 0.15) is 23.7 Å². The third-order valence-electron chi connectivity index (χ3n) is 3.29. The second-order valence-electron chi connectivity index (χ2n) is 4.86. The van der Waals surface area contributed by atoms with E-state index in [1.54, 1.807) is 24.3 Å². The molecule has 0 saturated carbocycles. The van der Waals surface area contributed by atoms with Gasteiger partial charge in [0.05, 0.1) is 13.2 Å². The molecule has 1 aliphatic rings. The second-order valence-corrected chi connectivity index (χ2v) is 5.30. The molecule has 1 heterocycles. The lowest BCUT2D eigenvalue weighted by Gasteiger charge is -2.15. The highest BCUT2D eigenvalue weighted by atomic mass is 35.5. The minimum Gasteiger partial charge on any atom is -0.490 e. The van der Waals surface area contributed by atoms with E-state index in [9.17, 15) is 9.50 Å². The summed E-state index contributed by atoms with van der Waals surface area (Å²) >= 11 is 5.82. The van der Waals surface area contributed by atoms with Gasteiger partial charge in [-0.2, -0.15) is 0 Å². The molecule has 0 radical (unpaired) electrons. The van der Waals surface area contributed by atoms with Crippen molar-refractivity contribution >= 4 is 11.6 Å². The van der Waals surface area contributed by atoms with Crippen molar-refractivity contribution in [3.05, 3.63) is 58.4 Å². The Hall–Kier alpha value is -1.78. The van der Waals surface area contributed by atoms with E-state index >= 15 is 0 Å². The molecule has 21 heavy (non-hydrogen) atoms. The first-order valence-corrected chi connectivity index (χ1v) is 7.05. The van der Waals surface area contributed by atoms with Gasteiger partial charge < -0.3 is 14.6 Å². The first kappa shape index (κ1) is 14.2. The number of fused-ring (bicyclic) bond motifs is 1. The number of ether oxygens (including phenoxy) is 2. The summed E-state index contributed by atoms with van der Waals surface area (Å²) < 4.78 is 24.5. The van der Waals surface area contributed by atoms with Crippen LogP contribution in [0.5, 0.6) is 11.5 Å². The summed E-state index contributed by atoms with van der Waals surface area (Å²) in [5.41, 5.74) is 0.996. The van der Waals surface area contributed by atoms with Crippen LogP contribution in [0.4, 0.5) is 4.39 Å². The van der Waals surface area contributed by atoms with E-state index in [4.69, 9.17) is 21.1 Å². The molecular formula is C16H14ClFO3. The van der Waals surface area contributed by atoms with Crippen molar-refractivity contribution in [2.45, 2.75) is 12.5 Å². The fraction of sp³-hybridized carbons (Fsp3) is 0.250. The third-order valence-corrected chi connectivity index (χ3v) is 3.51. The van der Waals surface area contributed by atoms with Crippen LogP contribution in [0.25, 0.3) is 0 Å². The molecule has 0 aromatic heterocycles. The summed E-state index contributed by atoms with van der Waals surface area (Å²) in [5.74, 6) is 0.762. The van der Waals surface area contributed by atoms with Crippen LogP contribution < -0.4 is 9.47 Å². The van der Waals surface area contributed by atoms with Gasteiger partial charge in [-0.05, 0) is 41.5 Å². The summed E-state index contributed by atoms with van der Waals surface area (Å²) in [6.07, 6.45) is -0.165. The van der Waals surface area contributed by atoms with Crippen molar-refractivity contribution in [2.24, 2.45) is 0 Å². The highest BCUT2D eigenvalue weighted by molar-refractivity contribution is 6.30. The van der Waals surface area contributed by atoms with Crippen molar-refractivity contribution in [3.8, 4) is 11.5 Å². The van der Waals surface area contributed by atoms with Crippen LogP contribution in [0.15, 0.2) is 36.4 Å². The minimum absolute atomic E-state index is 0.249. The lowest BCUT2D eigenvalue weighted by molar-refractivity contribution is 0.219. The molecule has 3 rings (SSSR count). The van der Waals surface area contributed by atoms with Gasteiger partial charge in [-0.1, -0.05) is 17.7 Å². The van der Waals surface area contributed by atoms with Crippen molar-refractivity contribution in [2.75, 3.05) is 13.2 Å². The van der Waals surface area contributed by atoms with Crippen LogP contribution in [-0.2, 0) is 0 Å². The van der Waals surface area contributed by atoms with Crippen molar-refractivity contribution in [1.29, 1.82) is 0 Å². The SMILES string of the molecule is OC(c1cc(F)cc(Cl)c1)c1ccc2c(c1)OCCCO2. The van der Waals surface area contributed by atoms with Gasteiger partial charge in [-0.25, -0.2) is 4.39 Å². The Kier molecular flexibility index (Phi) is 3.99. The quantitative estimate of drug-likeness (QED) is 0.919. The maximum absolute atomic E-state index is 13.4. The maximum Gasteiger partial charge on any atom is 0.161 e. The number of rotatable bonds is 2. The standard InChI is InChI=1S/C16H14ClFO3/c17-12-6-11(7-13(18)9-12)16(19)10-2-3-14-15(8-10)21-5-1-4-20-14/h2-3,6-9,16,19H,1,4-5H2. The first-order valence-electron chi connectivity index (χ1n) is 6.67. The first-order chi connectivity index (χ1) is 10.1. The Balaban J connectivity index is 1.94. The molecule has 3 nitrogen and oxygen atoms in total. The van der Waals surface area contributed by atoms with Gasteiger partial charge in [0.15, 0.2) is 11.5 Å². The van der Waals surface area contributed by atoms with Gasteiger partial charge in [-0.3, -0.25) is 0 Å². The summed E-state index contributed by atoms with van der Waals surface area (Å²) in [7, 11) is 0. The molecule has 2 aromatic rings. The van der Waals surface area contributed by atoms with E-state index in [0.29, 0.717) is 35.8 Å². The molecule has 1 unspecified atom stereocenters. The summed E-state index contributed by atoms with van der Waals surface area (Å²) in [6, 6.07) is 9.20. The van der Waals surface area contributed by atoms with Crippen LogP contribution in [0.3, 0.4) is 0 Å². The molecule has 0 saturated heterocycles. The van der Waals surface area contributed by atoms with E-state index in [1.165, 1.54) is 12.1 Å². The van der Waals surface area contributed by atoms with Crippen LogP contribution in [0.2, 0.25) is 5.02 Å². The second kappa shape index (κ2) is 5.92. The molecule has 0 amide bonds. The predicted octanol–water partition coefficient (Wildman–Crippen LogP) is 3.72. The number of aliphatic hydroxyl groups is 1. The lowest BCUT2D eigenvalue weighted by atomic mass is 10.0. The number of hydrogen-bond donors (Lipinski definition) is 1. The molecule has 110 valence electrons. The minimum atomic E-state index is -0.977. The van der Waals surface area contributed by atoms with Gasteiger partial charge >= 0.3 is 0 Å². The predicted molar refractivity (Wildman–Crippen MR) is 77.5 cm³/mol. The lowest BCUT2D eigenvalue weighted by Crippen LogP contribution is -2.01. The van der Waals surface area contributed by atoms with E-state index in [2.05, 4.69) is 0 Å². The van der Waals surface area contributed by atoms with Gasteiger partial charge in [-0.15, -0.1) is 0 Å². The molecular weight excluding hydrogens is 295 g/mol. The average molecular weight is 309 g/mol. The Labute approximate surface area is 126 Å². The van der Waals surface area contributed by atoms with E-state index in [1.807, 2.05) is 0 Å². The molecule has 2 aromatic carbocycles. The van der Waals surface area contributed by atoms with Gasteiger partial charge in [0.2, 0.25) is 0 Å². The Morgan fingerprint density at radius 1 is 1.00 bits per heavy atom. The summed E-state index contributed by atoms with van der Waals surface area (Å²) in [6.45, 7) is 1.17. The Morgan fingerprint density at radius 2 is 1.76 bits per heavy atom. The third kappa shape index (κ3) is 3.12. The van der Waals surface area contributed by atoms with Crippen LogP contribution in [-0.4, -0.2) is 18.3 Å². The van der Waals surface area contributed by atoms with E-state index < -0.39 is 11.9 Å². The topological polar surface area (TPSA) is 38.7 Å². The van der Waals surface area contributed by atoms with Crippen molar-refractivity contribution in [3.63, 3.8) is 0 Å². The number of benzene rings is 2. The summed E-state index contributed by atoms with van der Waals surface area (Å²) in [5, 5.41) is 10.6. The molecule has 5 heteroatoms. The number of hydrogen-bond acceptors (Lipinski definition) is 3. The molecule has 0 fully saturated rings. The Bertz CT molecular complexity index is 640. The van der Waals surface area contributed by atoms with Gasteiger partial charge in [0.1, 0.15) is 11.9 Å². The van der Waals surface area contributed by atoms with Crippen LogP contribution >= 0.6 is 11.6 Å². The Morgan fingerprint density at radius 3 is 2.52 bits per heavy atom. The molecule has 1 aliphatic heterocycles. The van der Waals surface area contributed by atoms with Crippen molar-refractivity contribution in [1.82, 2.24) is 0 Å². The van der Waals surface area contributed by atoms with Crippen LogP contribution in [0, 0.1) is 5.82 Å². The summed E-state index contributed by atoms with van der Waals surface area (Å²) in [4.78, 5) is 0. The average Bonchev–Trinajstić information content (AvgIpc) is 2.69. The van der Waals surface area contributed by atoms with Crippen molar-refractivity contribution < 1.29 is 19.0 Å². The highest BCUT2D eigenvalue weighted by Crippen LogP contribution is 2.34. The zero-order chi connectivity index (χ0) is 14.8. The smallest absolute Gasteiger partial charge is 0.161 e. The zero-order valence-electron chi connectivity index (χ0n) is 11.2. The fourth-order valence-corrected chi connectivity index (χ4v) is 2.51. The monoisotopic (exact) mass is 308 g/mol. The maximum atomic E-state index is 13.4. The molecule has 0 spiro atoms. The molecule has 1 atom stereocenters. The zero-order valence-corrected chi connectivity index (χ0v) is 11.9. The largest absolute Gasteiger partial charge is 0.490 e. The van der Waals surface area contributed by atoms with E-state index in [-0.39, 0.29) is 5.02 Å². The molecule has 1 N–H and O–H groups in total. The van der Waals surface area contributed by atoms with E-state index in [0.717, 1.165) is 6.42 Å². The normalized spacial score (nSPS) is 15.4. The fourth-order valence-electron chi connectivity index (χ4n) is 2.28. The molecule has 0 aliphatic carbocycles. The number of aliphatic hydroxyl groups excluding tert-OH is 1. The highest BCUT2D eigenvalue weighted by Gasteiger charge is 2.17.